The van der Waals surface area contributed by atoms with E-state index < -0.39 is 32.5 Å². The fourth-order valence-corrected chi connectivity index (χ4v) is 6.58. The molecule has 0 aliphatic carbocycles. The Bertz CT molecular complexity index is 970. The molecule has 3 N–H and O–H groups in total. The molecule has 0 aliphatic heterocycles. The predicted octanol–water partition coefficient (Wildman–Crippen LogP) is 12.2. The first-order valence-electron chi connectivity index (χ1n) is 21.5. The highest BCUT2D eigenvalue weighted by molar-refractivity contribution is 7.47. The molecule has 0 saturated carbocycles. The second kappa shape index (κ2) is 39.9. The zero-order valence-corrected chi connectivity index (χ0v) is 34.9. The summed E-state index contributed by atoms with van der Waals surface area (Å²) >= 11 is 0. The van der Waals surface area contributed by atoms with Crippen LogP contribution in [0.4, 0.5) is 0 Å². The van der Waals surface area contributed by atoms with Crippen molar-refractivity contribution in [1.82, 2.24) is 0 Å². The van der Waals surface area contributed by atoms with Gasteiger partial charge in [-0.2, -0.15) is 0 Å². The third-order valence-electron chi connectivity index (χ3n) is 9.03. The largest absolute Gasteiger partial charge is 0.472 e. The van der Waals surface area contributed by atoms with Crippen LogP contribution in [0.3, 0.4) is 0 Å². The fourth-order valence-electron chi connectivity index (χ4n) is 5.82. The number of esters is 2. The van der Waals surface area contributed by atoms with Crippen molar-refractivity contribution in [3.8, 4) is 0 Å². The molecular formula is C43H80NO8P. The molecule has 0 aromatic heterocycles. The number of phosphoric acid groups is 1. The van der Waals surface area contributed by atoms with Gasteiger partial charge in [-0.1, -0.05) is 166 Å². The second-order valence-corrected chi connectivity index (χ2v) is 15.7. The number of rotatable bonds is 40. The maximum atomic E-state index is 12.6. The van der Waals surface area contributed by atoms with Gasteiger partial charge in [-0.15, -0.1) is 0 Å². The van der Waals surface area contributed by atoms with E-state index in [2.05, 4.69) is 50.3 Å². The second-order valence-electron chi connectivity index (χ2n) is 14.2. The summed E-state index contributed by atoms with van der Waals surface area (Å²) in [6.45, 7) is 3.69. The summed E-state index contributed by atoms with van der Waals surface area (Å²) < 4.78 is 32.7. The average Bonchev–Trinajstić information content (AvgIpc) is 3.14. The van der Waals surface area contributed by atoms with E-state index in [1.807, 2.05) is 0 Å². The monoisotopic (exact) mass is 770 g/mol. The molecule has 10 heteroatoms. The molecule has 1 unspecified atom stereocenters. The van der Waals surface area contributed by atoms with Gasteiger partial charge in [0.15, 0.2) is 6.10 Å². The SMILES string of the molecule is CCCCCC=CCC=CCC=CCCCCCCC(=O)OC[C@H](COP(=O)(O)OCCN)OC(=O)CCCCCCCCCCCCCCCCC. The van der Waals surface area contributed by atoms with E-state index in [-0.39, 0.29) is 32.6 Å². The Kier molecular flexibility index (Phi) is 38.6. The number of nitrogens with two attached hydrogens (primary N) is 1. The smallest absolute Gasteiger partial charge is 0.462 e. The highest BCUT2D eigenvalue weighted by Gasteiger charge is 2.26. The van der Waals surface area contributed by atoms with Gasteiger partial charge in [0.25, 0.3) is 0 Å². The van der Waals surface area contributed by atoms with Crippen LogP contribution < -0.4 is 5.73 Å². The molecule has 0 heterocycles. The van der Waals surface area contributed by atoms with Crippen molar-refractivity contribution in [2.45, 2.75) is 200 Å². The zero-order chi connectivity index (χ0) is 38.9. The van der Waals surface area contributed by atoms with Crippen molar-refractivity contribution >= 4 is 19.8 Å². The van der Waals surface area contributed by atoms with Crippen LogP contribution in [0, 0.1) is 0 Å². The topological polar surface area (TPSA) is 134 Å². The van der Waals surface area contributed by atoms with Gasteiger partial charge in [-0.3, -0.25) is 18.6 Å². The van der Waals surface area contributed by atoms with E-state index >= 15 is 0 Å². The molecule has 0 spiro atoms. The van der Waals surface area contributed by atoms with Gasteiger partial charge < -0.3 is 20.1 Å². The van der Waals surface area contributed by atoms with Crippen molar-refractivity contribution in [3.63, 3.8) is 0 Å². The van der Waals surface area contributed by atoms with E-state index in [0.717, 1.165) is 51.4 Å². The maximum absolute atomic E-state index is 12.6. The Morgan fingerprint density at radius 2 is 0.981 bits per heavy atom. The molecular weight excluding hydrogens is 689 g/mol. The number of allylic oxidation sites excluding steroid dienone is 6. The summed E-state index contributed by atoms with van der Waals surface area (Å²) in [6, 6.07) is 0. The summed E-state index contributed by atoms with van der Waals surface area (Å²) in [6.07, 6.45) is 43.1. The quantitative estimate of drug-likeness (QED) is 0.0270. The third-order valence-corrected chi connectivity index (χ3v) is 10.0. The molecule has 0 rings (SSSR count). The highest BCUT2D eigenvalue weighted by atomic mass is 31.2. The number of ether oxygens (including phenoxy) is 2. The summed E-state index contributed by atoms with van der Waals surface area (Å²) in [7, 11) is -4.38. The lowest BCUT2D eigenvalue weighted by Gasteiger charge is -2.19. The minimum Gasteiger partial charge on any atom is -0.462 e. The van der Waals surface area contributed by atoms with Gasteiger partial charge in [0.1, 0.15) is 6.61 Å². The Labute approximate surface area is 324 Å². The normalized spacial score (nSPS) is 13.7. The Morgan fingerprint density at radius 1 is 0.566 bits per heavy atom. The van der Waals surface area contributed by atoms with E-state index in [9.17, 15) is 19.0 Å². The van der Waals surface area contributed by atoms with E-state index in [0.29, 0.717) is 12.8 Å². The van der Waals surface area contributed by atoms with Gasteiger partial charge >= 0.3 is 19.8 Å². The van der Waals surface area contributed by atoms with Crippen LogP contribution in [-0.2, 0) is 32.7 Å². The van der Waals surface area contributed by atoms with Crippen LogP contribution in [-0.4, -0.2) is 49.3 Å². The summed E-state index contributed by atoms with van der Waals surface area (Å²) in [4.78, 5) is 34.8. The van der Waals surface area contributed by atoms with Crippen molar-refractivity contribution in [1.29, 1.82) is 0 Å². The van der Waals surface area contributed by atoms with Gasteiger partial charge in [0, 0.05) is 19.4 Å². The highest BCUT2D eigenvalue weighted by Crippen LogP contribution is 2.43. The molecule has 0 aliphatic rings. The number of unbranched alkanes of at least 4 members (excludes halogenated alkanes) is 21. The lowest BCUT2D eigenvalue weighted by Crippen LogP contribution is -2.29. The molecule has 0 aromatic carbocycles. The third kappa shape index (κ3) is 39.7. The van der Waals surface area contributed by atoms with E-state index in [4.69, 9.17) is 24.3 Å². The number of carbonyl (C=O) groups excluding carboxylic acids is 2. The first kappa shape index (κ1) is 51.2. The Morgan fingerprint density at radius 3 is 1.49 bits per heavy atom. The number of hydrogen-bond acceptors (Lipinski definition) is 8. The van der Waals surface area contributed by atoms with Gasteiger partial charge in [-0.05, 0) is 51.4 Å². The molecule has 0 aromatic rings. The van der Waals surface area contributed by atoms with Gasteiger partial charge in [-0.25, -0.2) is 4.57 Å². The number of hydrogen-bond donors (Lipinski definition) is 2. The van der Waals surface area contributed by atoms with Crippen molar-refractivity contribution in [2.75, 3.05) is 26.4 Å². The summed E-state index contributed by atoms with van der Waals surface area (Å²) in [5, 5.41) is 0. The van der Waals surface area contributed by atoms with Crippen LogP contribution in [0.2, 0.25) is 0 Å². The van der Waals surface area contributed by atoms with Crippen LogP contribution in [0.15, 0.2) is 36.5 Å². The first-order valence-corrected chi connectivity index (χ1v) is 23.0. The lowest BCUT2D eigenvalue weighted by atomic mass is 10.0. The van der Waals surface area contributed by atoms with Crippen LogP contribution in [0.1, 0.15) is 194 Å². The molecule has 53 heavy (non-hydrogen) atoms. The lowest BCUT2D eigenvalue weighted by molar-refractivity contribution is -0.161. The molecule has 0 saturated heterocycles. The van der Waals surface area contributed by atoms with Crippen molar-refractivity contribution in [2.24, 2.45) is 5.73 Å². The first-order chi connectivity index (χ1) is 25.8. The van der Waals surface area contributed by atoms with Crippen LogP contribution in [0.25, 0.3) is 0 Å². The summed E-state index contributed by atoms with van der Waals surface area (Å²) in [5.41, 5.74) is 5.34. The zero-order valence-electron chi connectivity index (χ0n) is 34.0. The van der Waals surface area contributed by atoms with Crippen molar-refractivity contribution in [3.05, 3.63) is 36.5 Å². The molecule has 0 amide bonds. The maximum Gasteiger partial charge on any atom is 0.472 e. The standard InChI is InChI=1S/C43H80NO8P/c1-3-5-7-9-11-13-15-17-19-20-22-23-25-27-29-31-33-35-42(45)49-39-41(40-51-53(47,48)50-38-37-44)52-43(46)36-34-32-30-28-26-24-21-18-16-14-12-10-8-6-4-2/h11,13,17,19,22-23,41H,3-10,12,14-16,18,20-21,24-40,44H2,1-2H3,(H,47,48)/t41-/m1/s1. The van der Waals surface area contributed by atoms with E-state index in [1.165, 1.54) is 103 Å². The molecule has 0 fully saturated rings. The van der Waals surface area contributed by atoms with Gasteiger partial charge in [0.2, 0.25) is 0 Å². The van der Waals surface area contributed by atoms with Gasteiger partial charge in [0.05, 0.1) is 13.2 Å². The van der Waals surface area contributed by atoms with E-state index in [1.54, 1.807) is 0 Å². The molecule has 0 radical (unpaired) electrons. The Hall–Kier alpha value is -1.77. The molecule has 310 valence electrons. The molecule has 0 bridgehead atoms. The minimum atomic E-state index is -4.38. The number of phosphoric ester groups is 1. The molecule has 9 nitrogen and oxygen atoms in total. The fraction of sp³-hybridized carbons (Fsp3) is 0.814. The minimum absolute atomic E-state index is 0.0507. The predicted molar refractivity (Wildman–Crippen MR) is 220 cm³/mol. The van der Waals surface area contributed by atoms with Crippen LogP contribution in [0.5, 0.6) is 0 Å². The Balaban J connectivity index is 4.19. The van der Waals surface area contributed by atoms with Crippen molar-refractivity contribution < 1.29 is 37.6 Å². The van der Waals surface area contributed by atoms with Crippen LogP contribution >= 0.6 is 7.82 Å². The molecule has 2 atom stereocenters. The average molecular weight is 770 g/mol. The summed E-state index contributed by atoms with van der Waals surface area (Å²) in [5.74, 6) is -0.849. The number of carbonyl (C=O) groups is 2.